The Morgan fingerprint density at radius 1 is 1.12 bits per heavy atom. The summed E-state index contributed by atoms with van der Waals surface area (Å²) >= 11 is 0. The van der Waals surface area contributed by atoms with Gasteiger partial charge in [0.2, 0.25) is 0 Å². The molecule has 0 heterocycles. The Labute approximate surface area is 106 Å². The van der Waals surface area contributed by atoms with E-state index in [0.717, 1.165) is 12.8 Å². The lowest BCUT2D eigenvalue weighted by atomic mass is 10.1. The number of hydrogen-bond acceptors (Lipinski definition) is 3. The number of unbranched alkanes of at least 4 members (excludes halogenated alkanes) is 5. The van der Waals surface area contributed by atoms with Crippen molar-refractivity contribution in [3.8, 4) is 0 Å². The maximum absolute atomic E-state index is 11.5. The first-order valence-electron chi connectivity index (χ1n) is 7.00. The minimum absolute atomic E-state index is 0.243. The molecule has 0 aliphatic carbocycles. The number of carbonyl (C=O) groups excluding carboxylic acids is 1. The number of esters is 1. The molecule has 1 atom stereocenters. The first kappa shape index (κ1) is 16.4. The zero-order chi connectivity index (χ0) is 13.1. The predicted molar refractivity (Wildman–Crippen MR) is 71.8 cm³/mol. The molecule has 0 spiro atoms. The van der Waals surface area contributed by atoms with Crippen molar-refractivity contribution in [2.45, 2.75) is 71.8 Å². The van der Waals surface area contributed by atoms with Gasteiger partial charge in [-0.3, -0.25) is 4.79 Å². The molecule has 0 aliphatic rings. The van der Waals surface area contributed by atoms with E-state index < -0.39 is 6.04 Å². The van der Waals surface area contributed by atoms with Crippen LogP contribution in [0.25, 0.3) is 0 Å². The van der Waals surface area contributed by atoms with Crippen LogP contribution in [0, 0.1) is 5.92 Å². The third-order valence-electron chi connectivity index (χ3n) is 2.77. The Morgan fingerprint density at radius 3 is 2.29 bits per heavy atom. The van der Waals surface area contributed by atoms with Crippen molar-refractivity contribution >= 4 is 5.97 Å². The van der Waals surface area contributed by atoms with Gasteiger partial charge in [0.25, 0.3) is 0 Å². The predicted octanol–water partition coefficient (Wildman–Crippen LogP) is 3.26. The van der Waals surface area contributed by atoms with E-state index in [1.54, 1.807) is 0 Å². The monoisotopic (exact) mass is 243 g/mol. The maximum atomic E-state index is 11.5. The van der Waals surface area contributed by atoms with Gasteiger partial charge >= 0.3 is 5.97 Å². The summed E-state index contributed by atoms with van der Waals surface area (Å²) in [7, 11) is 0. The van der Waals surface area contributed by atoms with Crippen molar-refractivity contribution in [1.82, 2.24) is 0 Å². The van der Waals surface area contributed by atoms with Crippen LogP contribution >= 0.6 is 0 Å². The molecule has 17 heavy (non-hydrogen) atoms. The van der Waals surface area contributed by atoms with Gasteiger partial charge in [-0.15, -0.1) is 0 Å². The molecule has 0 saturated carbocycles. The second kappa shape index (κ2) is 10.6. The molecule has 1 unspecified atom stereocenters. The molecule has 0 aromatic carbocycles. The Morgan fingerprint density at radius 2 is 1.71 bits per heavy atom. The van der Waals surface area contributed by atoms with E-state index in [1.807, 2.05) is 0 Å². The highest BCUT2D eigenvalue weighted by atomic mass is 16.5. The molecule has 3 nitrogen and oxygen atoms in total. The van der Waals surface area contributed by atoms with Crippen LogP contribution in [0.5, 0.6) is 0 Å². The number of rotatable bonds is 10. The van der Waals surface area contributed by atoms with Crippen molar-refractivity contribution in [1.29, 1.82) is 0 Å². The molecule has 0 aromatic heterocycles. The SMILES string of the molecule is CCCCCCCCOC(=O)C(N)CC(C)C. The van der Waals surface area contributed by atoms with E-state index in [2.05, 4.69) is 20.8 Å². The number of nitrogens with two attached hydrogens (primary N) is 1. The molecule has 0 radical (unpaired) electrons. The summed E-state index contributed by atoms with van der Waals surface area (Å²) in [5.41, 5.74) is 5.72. The third kappa shape index (κ3) is 10.3. The van der Waals surface area contributed by atoms with E-state index in [0.29, 0.717) is 18.9 Å². The van der Waals surface area contributed by atoms with E-state index in [9.17, 15) is 4.79 Å². The van der Waals surface area contributed by atoms with Crippen molar-refractivity contribution in [2.24, 2.45) is 11.7 Å². The molecule has 0 aromatic rings. The molecule has 3 heteroatoms. The first-order valence-corrected chi connectivity index (χ1v) is 7.00. The molecular formula is C14H29NO2. The lowest BCUT2D eigenvalue weighted by Crippen LogP contribution is -2.33. The molecule has 0 saturated heterocycles. The fourth-order valence-corrected chi connectivity index (χ4v) is 1.77. The molecule has 0 amide bonds. The van der Waals surface area contributed by atoms with E-state index in [-0.39, 0.29) is 5.97 Å². The second-order valence-corrected chi connectivity index (χ2v) is 5.17. The average molecular weight is 243 g/mol. The molecule has 0 bridgehead atoms. The fourth-order valence-electron chi connectivity index (χ4n) is 1.77. The zero-order valence-corrected chi connectivity index (χ0v) is 11.7. The minimum Gasteiger partial charge on any atom is -0.465 e. The molecule has 102 valence electrons. The summed E-state index contributed by atoms with van der Waals surface area (Å²) in [6.45, 7) is 6.84. The number of carbonyl (C=O) groups is 1. The van der Waals surface area contributed by atoms with E-state index >= 15 is 0 Å². The summed E-state index contributed by atoms with van der Waals surface area (Å²) in [6, 6.07) is -0.449. The van der Waals surface area contributed by atoms with Gasteiger partial charge in [-0.25, -0.2) is 0 Å². The van der Waals surface area contributed by atoms with Crippen LogP contribution in [-0.2, 0) is 9.53 Å². The summed E-state index contributed by atoms with van der Waals surface area (Å²) in [6.07, 6.45) is 7.91. The van der Waals surface area contributed by atoms with Gasteiger partial charge in [0.05, 0.1) is 6.61 Å². The van der Waals surface area contributed by atoms with Crippen LogP contribution < -0.4 is 5.73 Å². The molecule has 0 fully saturated rings. The van der Waals surface area contributed by atoms with Gasteiger partial charge in [-0.2, -0.15) is 0 Å². The summed E-state index contributed by atoms with van der Waals surface area (Å²) in [4.78, 5) is 11.5. The summed E-state index contributed by atoms with van der Waals surface area (Å²) < 4.78 is 5.15. The zero-order valence-electron chi connectivity index (χ0n) is 11.7. The van der Waals surface area contributed by atoms with Crippen LogP contribution in [0.15, 0.2) is 0 Å². The van der Waals surface area contributed by atoms with Crippen molar-refractivity contribution in [3.63, 3.8) is 0 Å². The van der Waals surface area contributed by atoms with E-state index in [1.165, 1.54) is 25.7 Å². The van der Waals surface area contributed by atoms with Crippen LogP contribution in [0.4, 0.5) is 0 Å². The Kier molecular flexibility index (Phi) is 10.2. The molecule has 0 rings (SSSR count). The van der Waals surface area contributed by atoms with Gasteiger partial charge < -0.3 is 10.5 Å². The van der Waals surface area contributed by atoms with Gasteiger partial charge in [-0.1, -0.05) is 52.9 Å². The topological polar surface area (TPSA) is 52.3 Å². The lowest BCUT2D eigenvalue weighted by Gasteiger charge is -2.13. The molecule has 2 N–H and O–H groups in total. The largest absolute Gasteiger partial charge is 0.465 e. The maximum Gasteiger partial charge on any atom is 0.322 e. The first-order chi connectivity index (χ1) is 8.07. The van der Waals surface area contributed by atoms with Gasteiger partial charge in [0.1, 0.15) is 6.04 Å². The van der Waals surface area contributed by atoms with Crippen LogP contribution in [-0.4, -0.2) is 18.6 Å². The van der Waals surface area contributed by atoms with Crippen molar-refractivity contribution in [2.75, 3.05) is 6.61 Å². The van der Waals surface area contributed by atoms with Gasteiger partial charge in [0.15, 0.2) is 0 Å². The minimum atomic E-state index is -0.449. The normalized spacial score (nSPS) is 12.8. The lowest BCUT2D eigenvalue weighted by molar-refractivity contribution is -0.145. The Balaban J connectivity index is 3.38. The standard InChI is InChI=1S/C14H29NO2/c1-4-5-6-7-8-9-10-17-14(16)13(15)11-12(2)3/h12-13H,4-11,15H2,1-3H3. The van der Waals surface area contributed by atoms with Crippen molar-refractivity contribution in [3.05, 3.63) is 0 Å². The Bertz CT molecular complexity index is 193. The van der Waals surface area contributed by atoms with Gasteiger partial charge in [-0.05, 0) is 18.8 Å². The second-order valence-electron chi connectivity index (χ2n) is 5.17. The quantitative estimate of drug-likeness (QED) is 0.473. The highest BCUT2D eigenvalue weighted by Gasteiger charge is 2.15. The van der Waals surface area contributed by atoms with Crippen LogP contribution in [0.3, 0.4) is 0 Å². The highest BCUT2D eigenvalue weighted by molar-refractivity contribution is 5.75. The molecular weight excluding hydrogens is 214 g/mol. The molecule has 0 aliphatic heterocycles. The average Bonchev–Trinajstić information content (AvgIpc) is 2.26. The smallest absolute Gasteiger partial charge is 0.322 e. The van der Waals surface area contributed by atoms with E-state index in [4.69, 9.17) is 10.5 Å². The fraction of sp³-hybridized carbons (Fsp3) is 0.929. The summed E-state index contributed by atoms with van der Waals surface area (Å²) in [5.74, 6) is 0.193. The van der Waals surface area contributed by atoms with Crippen LogP contribution in [0.2, 0.25) is 0 Å². The van der Waals surface area contributed by atoms with Gasteiger partial charge in [0, 0.05) is 0 Å². The highest BCUT2D eigenvalue weighted by Crippen LogP contribution is 2.07. The number of ether oxygens (including phenoxy) is 1. The Hall–Kier alpha value is -0.570. The van der Waals surface area contributed by atoms with Crippen molar-refractivity contribution < 1.29 is 9.53 Å². The third-order valence-corrected chi connectivity index (χ3v) is 2.77. The number of hydrogen-bond donors (Lipinski definition) is 1. The summed E-state index contributed by atoms with van der Waals surface area (Å²) in [5, 5.41) is 0. The van der Waals surface area contributed by atoms with Crippen LogP contribution in [0.1, 0.15) is 65.7 Å².